The van der Waals surface area contributed by atoms with Gasteiger partial charge < -0.3 is 14.7 Å². The zero-order valence-electron chi connectivity index (χ0n) is 12.6. The fourth-order valence-electron chi connectivity index (χ4n) is 2.11. The van der Waals surface area contributed by atoms with Crippen molar-refractivity contribution in [2.24, 2.45) is 0 Å². The number of nitrogens with zero attached hydrogens (tertiary/aromatic N) is 1. The zero-order valence-corrected chi connectivity index (χ0v) is 12.6. The van der Waals surface area contributed by atoms with E-state index in [1.165, 1.54) is 11.1 Å². The molecule has 0 heterocycles. The smallest absolute Gasteiger partial charge is 0.123 e. The SMILES string of the molecule is COc1cc(C(C)C)ccc1CN(C)CCCCO. The van der Waals surface area contributed by atoms with Crippen LogP contribution < -0.4 is 4.74 Å². The van der Waals surface area contributed by atoms with Crippen molar-refractivity contribution in [3.8, 4) is 5.75 Å². The van der Waals surface area contributed by atoms with Gasteiger partial charge in [0.05, 0.1) is 7.11 Å². The first-order valence-electron chi connectivity index (χ1n) is 7.04. The lowest BCUT2D eigenvalue weighted by Gasteiger charge is -2.19. The Balaban J connectivity index is 2.66. The standard InChI is InChI=1S/C16H27NO2/c1-13(2)14-7-8-15(16(11-14)19-4)12-17(3)9-5-6-10-18/h7-8,11,13,18H,5-6,9-10,12H2,1-4H3. The van der Waals surface area contributed by atoms with Crippen molar-refractivity contribution in [1.82, 2.24) is 4.90 Å². The van der Waals surface area contributed by atoms with Gasteiger partial charge >= 0.3 is 0 Å². The molecule has 1 aromatic carbocycles. The van der Waals surface area contributed by atoms with Crippen LogP contribution in [-0.4, -0.2) is 37.3 Å². The summed E-state index contributed by atoms with van der Waals surface area (Å²) in [5, 5.41) is 8.80. The highest BCUT2D eigenvalue weighted by atomic mass is 16.5. The Morgan fingerprint density at radius 3 is 2.58 bits per heavy atom. The Labute approximate surface area is 117 Å². The lowest BCUT2D eigenvalue weighted by Crippen LogP contribution is -2.19. The predicted octanol–water partition coefficient (Wildman–Crippen LogP) is 3.02. The Morgan fingerprint density at radius 2 is 2.00 bits per heavy atom. The number of benzene rings is 1. The third kappa shape index (κ3) is 5.21. The minimum absolute atomic E-state index is 0.278. The van der Waals surface area contributed by atoms with E-state index in [1.807, 2.05) is 0 Å². The second-order valence-corrected chi connectivity index (χ2v) is 5.39. The molecule has 0 radical (unpaired) electrons. The van der Waals surface area contributed by atoms with Gasteiger partial charge in [0.25, 0.3) is 0 Å². The van der Waals surface area contributed by atoms with Gasteiger partial charge in [-0.1, -0.05) is 26.0 Å². The first kappa shape index (κ1) is 16.0. The van der Waals surface area contributed by atoms with Gasteiger partial charge in [0.2, 0.25) is 0 Å². The molecular formula is C16H27NO2. The average Bonchev–Trinajstić information content (AvgIpc) is 2.39. The average molecular weight is 265 g/mol. The second kappa shape index (κ2) is 8.18. The molecule has 0 fully saturated rings. The van der Waals surface area contributed by atoms with Crippen molar-refractivity contribution in [1.29, 1.82) is 0 Å². The van der Waals surface area contributed by atoms with E-state index >= 15 is 0 Å². The highest BCUT2D eigenvalue weighted by Gasteiger charge is 2.09. The van der Waals surface area contributed by atoms with Gasteiger partial charge in [0, 0.05) is 18.7 Å². The van der Waals surface area contributed by atoms with Gasteiger partial charge in [-0.2, -0.15) is 0 Å². The maximum Gasteiger partial charge on any atom is 0.123 e. The molecule has 0 atom stereocenters. The molecule has 0 aromatic heterocycles. The Bertz CT molecular complexity index is 377. The first-order chi connectivity index (χ1) is 9.08. The van der Waals surface area contributed by atoms with Gasteiger partial charge in [-0.05, 0) is 44.0 Å². The third-order valence-electron chi connectivity index (χ3n) is 3.37. The molecule has 3 heteroatoms. The van der Waals surface area contributed by atoms with E-state index in [9.17, 15) is 0 Å². The molecular weight excluding hydrogens is 238 g/mol. The van der Waals surface area contributed by atoms with Crippen LogP contribution in [-0.2, 0) is 6.54 Å². The van der Waals surface area contributed by atoms with Gasteiger partial charge in [-0.3, -0.25) is 0 Å². The second-order valence-electron chi connectivity index (χ2n) is 5.39. The molecule has 19 heavy (non-hydrogen) atoms. The molecule has 0 bridgehead atoms. The van der Waals surface area contributed by atoms with E-state index in [4.69, 9.17) is 9.84 Å². The topological polar surface area (TPSA) is 32.7 Å². The van der Waals surface area contributed by atoms with Crippen LogP contribution in [0, 0.1) is 0 Å². The normalized spacial score (nSPS) is 11.3. The zero-order chi connectivity index (χ0) is 14.3. The van der Waals surface area contributed by atoms with Crippen LogP contribution in [0.4, 0.5) is 0 Å². The lowest BCUT2D eigenvalue weighted by atomic mass is 10.0. The molecule has 0 aliphatic rings. The van der Waals surface area contributed by atoms with E-state index in [1.54, 1.807) is 7.11 Å². The highest BCUT2D eigenvalue weighted by Crippen LogP contribution is 2.25. The molecule has 0 aliphatic heterocycles. The van der Waals surface area contributed by atoms with E-state index in [0.717, 1.165) is 31.7 Å². The molecule has 1 aromatic rings. The minimum Gasteiger partial charge on any atom is -0.496 e. The summed E-state index contributed by atoms with van der Waals surface area (Å²) in [5.41, 5.74) is 2.53. The lowest BCUT2D eigenvalue weighted by molar-refractivity contribution is 0.259. The molecule has 0 amide bonds. The number of methoxy groups -OCH3 is 1. The molecule has 3 nitrogen and oxygen atoms in total. The number of aliphatic hydroxyl groups is 1. The summed E-state index contributed by atoms with van der Waals surface area (Å²) in [4.78, 5) is 2.27. The molecule has 0 saturated heterocycles. The molecule has 1 N–H and O–H groups in total. The van der Waals surface area contributed by atoms with Crippen LogP contribution in [0.5, 0.6) is 5.75 Å². The van der Waals surface area contributed by atoms with E-state index in [0.29, 0.717) is 5.92 Å². The van der Waals surface area contributed by atoms with E-state index in [2.05, 4.69) is 44.0 Å². The highest BCUT2D eigenvalue weighted by molar-refractivity contribution is 5.38. The van der Waals surface area contributed by atoms with Crippen molar-refractivity contribution in [2.45, 2.75) is 39.2 Å². The van der Waals surface area contributed by atoms with Crippen molar-refractivity contribution in [2.75, 3.05) is 27.3 Å². The van der Waals surface area contributed by atoms with Crippen LogP contribution in [0.2, 0.25) is 0 Å². The largest absolute Gasteiger partial charge is 0.496 e. The maximum absolute atomic E-state index is 8.80. The molecule has 0 aliphatic carbocycles. The van der Waals surface area contributed by atoms with Crippen molar-refractivity contribution in [3.05, 3.63) is 29.3 Å². The van der Waals surface area contributed by atoms with Crippen LogP contribution in [0.15, 0.2) is 18.2 Å². The molecule has 0 saturated carbocycles. The number of hydrogen-bond donors (Lipinski definition) is 1. The Hall–Kier alpha value is -1.06. The maximum atomic E-state index is 8.80. The Morgan fingerprint density at radius 1 is 1.26 bits per heavy atom. The summed E-state index contributed by atoms with van der Waals surface area (Å²) < 4.78 is 5.50. The molecule has 1 rings (SSSR count). The summed E-state index contributed by atoms with van der Waals surface area (Å²) in [6.07, 6.45) is 1.90. The predicted molar refractivity (Wildman–Crippen MR) is 79.7 cm³/mol. The summed E-state index contributed by atoms with van der Waals surface area (Å²) in [6, 6.07) is 6.49. The van der Waals surface area contributed by atoms with Crippen LogP contribution in [0.3, 0.4) is 0 Å². The Kier molecular flexibility index (Phi) is 6.89. The van der Waals surface area contributed by atoms with E-state index < -0.39 is 0 Å². The fraction of sp³-hybridized carbons (Fsp3) is 0.625. The fourth-order valence-corrected chi connectivity index (χ4v) is 2.11. The first-order valence-corrected chi connectivity index (χ1v) is 7.04. The number of hydrogen-bond acceptors (Lipinski definition) is 3. The number of rotatable bonds is 8. The van der Waals surface area contributed by atoms with Gasteiger partial charge in [-0.25, -0.2) is 0 Å². The van der Waals surface area contributed by atoms with Crippen LogP contribution in [0.25, 0.3) is 0 Å². The molecule has 108 valence electrons. The van der Waals surface area contributed by atoms with Gasteiger partial charge in [-0.15, -0.1) is 0 Å². The minimum atomic E-state index is 0.278. The monoisotopic (exact) mass is 265 g/mol. The number of ether oxygens (including phenoxy) is 1. The van der Waals surface area contributed by atoms with Crippen LogP contribution >= 0.6 is 0 Å². The summed E-state index contributed by atoms with van der Waals surface area (Å²) in [7, 11) is 3.84. The van der Waals surface area contributed by atoms with Crippen molar-refractivity contribution >= 4 is 0 Å². The van der Waals surface area contributed by atoms with E-state index in [-0.39, 0.29) is 6.61 Å². The molecule has 0 spiro atoms. The number of unbranched alkanes of at least 4 members (excludes halogenated alkanes) is 1. The third-order valence-corrected chi connectivity index (χ3v) is 3.37. The van der Waals surface area contributed by atoms with Gasteiger partial charge in [0.1, 0.15) is 5.75 Å². The quantitative estimate of drug-likeness (QED) is 0.733. The van der Waals surface area contributed by atoms with Crippen LogP contribution in [0.1, 0.15) is 43.7 Å². The van der Waals surface area contributed by atoms with Crippen molar-refractivity contribution < 1.29 is 9.84 Å². The summed E-state index contributed by atoms with van der Waals surface area (Å²) >= 11 is 0. The van der Waals surface area contributed by atoms with Crippen molar-refractivity contribution in [3.63, 3.8) is 0 Å². The molecule has 0 unspecified atom stereocenters. The summed E-state index contributed by atoms with van der Waals surface area (Å²) in [5.74, 6) is 1.49. The van der Waals surface area contributed by atoms with Gasteiger partial charge in [0.15, 0.2) is 0 Å². The number of aliphatic hydroxyl groups excluding tert-OH is 1. The summed E-state index contributed by atoms with van der Waals surface area (Å²) in [6.45, 7) is 6.54.